The SMILES string of the molecule is Cn1ncc(-c2cnc3cnc(CC(=O)C(C)(C)F)cc3c2)c1CN1CCCCC1. The average Bonchev–Trinajstić information content (AvgIpc) is 3.08. The van der Waals surface area contributed by atoms with Crippen LogP contribution >= 0.6 is 0 Å². The average molecular weight is 410 g/mol. The fraction of sp³-hybridized carbons (Fsp3) is 0.478. The van der Waals surface area contributed by atoms with Gasteiger partial charge in [0.25, 0.3) is 0 Å². The number of likely N-dealkylation sites (tertiary alicyclic amines) is 1. The first-order chi connectivity index (χ1) is 14.3. The number of Topliss-reactive ketones (excluding diaryl/α,β-unsaturated/α-hetero) is 1. The number of pyridine rings is 2. The van der Waals surface area contributed by atoms with Crippen molar-refractivity contribution in [3.05, 3.63) is 42.1 Å². The van der Waals surface area contributed by atoms with Gasteiger partial charge in [0.15, 0.2) is 11.5 Å². The highest BCUT2D eigenvalue weighted by Crippen LogP contribution is 2.27. The first kappa shape index (κ1) is 20.6. The van der Waals surface area contributed by atoms with Crippen molar-refractivity contribution >= 4 is 16.7 Å². The van der Waals surface area contributed by atoms with Gasteiger partial charge in [0.1, 0.15) is 0 Å². The Hall–Kier alpha value is -2.67. The second-order valence-electron chi connectivity index (χ2n) is 8.63. The highest BCUT2D eigenvalue weighted by atomic mass is 19.1. The van der Waals surface area contributed by atoms with Crippen LogP contribution in [0.3, 0.4) is 0 Å². The van der Waals surface area contributed by atoms with Gasteiger partial charge in [-0.3, -0.25) is 24.3 Å². The third kappa shape index (κ3) is 4.41. The third-order valence-corrected chi connectivity index (χ3v) is 5.82. The highest BCUT2D eigenvalue weighted by molar-refractivity contribution is 5.89. The molecule has 3 aromatic heterocycles. The molecule has 0 aromatic carbocycles. The number of rotatable bonds is 6. The van der Waals surface area contributed by atoms with Gasteiger partial charge in [-0.1, -0.05) is 6.42 Å². The smallest absolute Gasteiger partial charge is 0.175 e. The lowest BCUT2D eigenvalue weighted by atomic mass is 10.00. The summed E-state index contributed by atoms with van der Waals surface area (Å²) < 4.78 is 15.8. The van der Waals surface area contributed by atoms with Crippen molar-refractivity contribution in [3.8, 4) is 11.1 Å². The Kier molecular flexibility index (Phi) is 5.64. The summed E-state index contributed by atoms with van der Waals surface area (Å²) in [5.74, 6) is -0.477. The van der Waals surface area contributed by atoms with Crippen molar-refractivity contribution in [2.24, 2.45) is 7.05 Å². The fourth-order valence-corrected chi connectivity index (χ4v) is 3.92. The minimum Gasteiger partial charge on any atom is -0.298 e. The Balaban J connectivity index is 1.64. The molecule has 30 heavy (non-hydrogen) atoms. The van der Waals surface area contributed by atoms with E-state index < -0.39 is 11.5 Å². The highest BCUT2D eigenvalue weighted by Gasteiger charge is 2.26. The minimum atomic E-state index is -1.87. The summed E-state index contributed by atoms with van der Waals surface area (Å²) in [6, 6.07) is 3.88. The molecule has 0 spiro atoms. The largest absolute Gasteiger partial charge is 0.298 e. The molecule has 0 amide bonds. The molecule has 4 rings (SSSR count). The van der Waals surface area contributed by atoms with Crippen molar-refractivity contribution in [2.75, 3.05) is 13.1 Å². The number of hydrogen-bond acceptors (Lipinski definition) is 5. The first-order valence-electron chi connectivity index (χ1n) is 10.5. The van der Waals surface area contributed by atoms with Gasteiger partial charge in [0.2, 0.25) is 0 Å². The number of carbonyl (C=O) groups excluding carboxylic acids is 1. The standard InChI is InChI=1S/C23H28FN5O/c1-23(2,24)22(30)11-18-10-16-9-17(12-26-20(16)14-25-18)19-13-27-28(3)21(19)15-29-7-5-4-6-8-29/h9-10,12-14H,4-8,11,15H2,1-3H3. The van der Waals surface area contributed by atoms with Gasteiger partial charge < -0.3 is 0 Å². The van der Waals surface area contributed by atoms with Gasteiger partial charge in [0.05, 0.1) is 30.0 Å². The molecule has 158 valence electrons. The number of nitrogens with zero attached hydrogens (tertiary/aromatic N) is 5. The molecule has 3 aromatic rings. The topological polar surface area (TPSA) is 63.9 Å². The van der Waals surface area contributed by atoms with Crippen molar-refractivity contribution in [3.63, 3.8) is 0 Å². The Labute approximate surface area is 176 Å². The zero-order valence-electron chi connectivity index (χ0n) is 17.9. The van der Waals surface area contributed by atoms with E-state index in [0.29, 0.717) is 5.69 Å². The molecule has 0 bridgehead atoms. The number of halogens is 1. The predicted octanol–water partition coefficient (Wildman–Crippen LogP) is 3.88. The number of aromatic nitrogens is 4. The van der Waals surface area contributed by atoms with Crippen molar-refractivity contribution in [2.45, 2.75) is 51.7 Å². The third-order valence-electron chi connectivity index (χ3n) is 5.82. The van der Waals surface area contributed by atoms with E-state index in [1.807, 2.05) is 30.2 Å². The molecular formula is C23H28FN5O. The number of ketones is 1. The fourth-order valence-electron chi connectivity index (χ4n) is 3.92. The summed E-state index contributed by atoms with van der Waals surface area (Å²) >= 11 is 0. The molecule has 0 radical (unpaired) electrons. The van der Waals surface area contributed by atoms with Gasteiger partial charge in [-0.05, 0) is 51.9 Å². The van der Waals surface area contributed by atoms with Crippen LogP contribution in [-0.2, 0) is 24.8 Å². The molecule has 0 N–H and O–H groups in total. The van der Waals surface area contributed by atoms with Crippen LogP contribution in [0.1, 0.15) is 44.5 Å². The molecule has 0 atom stereocenters. The molecule has 0 unspecified atom stereocenters. The molecule has 7 heteroatoms. The number of fused-ring (bicyclic) bond motifs is 1. The predicted molar refractivity (Wildman–Crippen MR) is 115 cm³/mol. The van der Waals surface area contributed by atoms with E-state index >= 15 is 0 Å². The van der Waals surface area contributed by atoms with Crippen LogP contribution in [0.2, 0.25) is 0 Å². The summed E-state index contributed by atoms with van der Waals surface area (Å²) in [7, 11) is 1.98. The Morgan fingerprint density at radius 3 is 2.60 bits per heavy atom. The number of aryl methyl sites for hydroxylation is 1. The second-order valence-corrected chi connectivity index (χ2v) is 8.63. The lowest BCUT2D eigenvalue weighted by molar-refractivity contribution is -0.127. The molecule has 0 saturated carbocycles. The number of hydrogen-bond donors (Lipinski definition) is 0. The lowest BCUT2D eigenvalue weighted by Gasteiger charge is -2.26. The van der Waals surface area contributed by atoms with Gasteiger partial charge in [0, 0.05) is 42.0 Å². The zero-order valence-corrected chi connectivity index (χ0v) is 17.9. The van der Waals surface area contributed by atoms with Gasteiger partial charge in [-0.2, -0.15) is 5.10 Å². The van der Waals surface area contributed by atoms with Crippen LogP contribution in [0.15, 0.2) is 30.7 Å². The minimum absolute atomic E-state index is 0.0310. The van der Waals surface area contributed by atoms with Crippen molar-refractivity contribution in [1.29, 1.82) is 0 Å². The molecule has 1 aliphatic rings. The quantitative estimate of drug-likeness (QED) is 0.618. The molecule has 0 aliphatic carbocycles. The van der Waals surface area contributed by atoms with Crippen LogP contribution in [0.4, 0.5) is 4.39 Å². The normalized spacial score (nSPS) is 15.6. The first-order valence-corrected chi connectivity index (χ1v) is 10.5. The van der Waals surface area contributed by atoms with E-state index in [2.05, 4.69) is 26.0 Å². The van der Waals surface area contributed by atoms with Crippen molar-refractivity contribution in [1.82, 2.24) is 24.6 Å². The molecule has 4 heterocycles. The van der Waals surface area contributed by atoms with E-state index in [-0.39, 0.29) is 6.42 Å². The van der Waals surface area contributed by atoms with Gasteiger partial charge in [-0.15, -0.1) is 0 Å². The summed E-state index contributed by atoms with van der Waals surface area (Å²) in [5, 5.41) is 5.37. The van der Waals surface area contributed by atoms with E-state index in [1.54, 1.807) is 6.20 Å². The number of piperidine rings is 1. The molecule has 1 aliphatic heterocycles. The molecule has 1 fully saturated rings. The van der Waals surface area contributed by atoms with E-state index in [9.17, 15) is 9.18 Å². The van der Waals surface area contributed by atoms with Crippen molar-refractivity contribution < 1.29 is 9.18 Å². The Bertz CT molecular complexity index is 1060. The maximum atomic E-state index is 13.9. The van der Waals surface area contributed by atoms with Crippen LogP contribution < -0.4 is 0 Å². The monoisotopic (exact) mass is 409 g/mol. The molecule has 1 saturated heterocycles. The number of alkyl halides is 1. The van der Waals surface area contributed by atoms with Crippen LogP contribution in [0.25, 0.3) is 22.0 Å². The van der Waals surface area contributed by atoms with Gasteiger partial charge in [-0.25, -0.2) is 4.39 Å². The lowest BCUT2D eigenvalue weighted by Crippen LogP contribution is -2.30. The van der Waals surface area contributed by atoms with E-state index in [1.165, 1.54) is 38.8 Å². The van der Waals surface area contributed by atoms with Crippen LogP contribution in [-0.4, -0.2) is 49.2 Å². The van der Waals surface area contributed by atoms with Crippen LogP contribution in [0, 0.1) is 0 Å². The maximum absolute atomic E-state index is 13.9. The molecule has 6 nitrogen and oxygen atoms in total. The van der Waals surface area contributed by atoms with Gasteiger partial charge >= 0.3 is 0 Å². The zero-order chi connectivity index (χ0) is 21.3. The molecular weight excluding hydrogens is 381 g/mol. The summed E-state index contributed by atoms with van der Waals surface area (Å²) in [6.45, 7) is 5.67. The Morgan fingerprint density at radius 1 is 1.10 bits per heavy atom. The second kappa shape index (κ2) is 8.22. The summed E-state index contributed by atoms with van der Waals surface area (Å²) in [6.07, 6.45) is 9.14. The number of carbonyl (C=O) groups is 1. The summed E-state index contributed by atoms with van der Waals surface area (Å²) in [4.78, 5) is 23.4. The van der Waals surface area contributed by atoms with E-state index in [0.717, 1.165) is 41.7 Å². The van der Waals surface area contributed by atoms with Crippen LogP contribution in [0.5, 0.6) is 0 Å². The maximum Gasteiger partial charge on any atom is 0.175 e. The van der Waals surface area contributed by atoms with E-state index in [4.69, 9.17) is 0 Å². The summed E-state index contributed by atoms with van der Waals surface area (Å²) in [5.41, 5.74) is 2.65. The Morgan fingerprint density at radius 2 is 1.87 bits per heavy atom.